The highest BCUT2D eigenvalue weighted by Gasteiger charge is 2.07. The predicted octanol–water partition coefficient (Wildman–Crippen LogP) is 3.63. The van der Waals surface area contributed by atoms with Gasteiger partial charge < -0.3 is 10.1 Å². The summed E-state index contributed by atoms with van der Waals surface area (Å²) in [5.74, 6) is 1.57. The first-order valence-electron chi connectivity index (χ1n) is 8.51. The van der Waals surface area contributed by atoms with Gasteiger partial charge in [0.1, 0.15) is 11.4 Å². The number of rotatable bonds is 6. The minimum Gasteiger partial charge on any atom is -0.497 e. The zero-order chi connectivity index (χ0) is 18.5. The van der Waals surface area contributed by atoms with Crippen LogP contribution in [-0.4, -0.2) is 22.3 Å². The van der Waals surface area contributed by atoms with Crippen LogP contribution in [0.5, 0.6) is 5.75 Å². The first-order chi connectivity index (χ1) is 12.5. The van der Waals surface area contributed by atoms with Gasteiger partial charge in [-0.1, -0.05) is 38.1 Å². The summed E-state index contributed by atoms with van der Waals surface area (Å²) in [6, 6.07) is 15.5. The van der Waals surface area contributed by atoms with Crippen LogP contribution >= 0.6 is 0 Å². The molecule has 1 heterocycles. The molecule has 3 aromatic rings. The van der Waals surface area contributed by atoms with E-state index in [-0.39, 0.29) is 5.56 Å². The third-order valence-electron chi connectivity index (χ3n) is 4.14. The Bertz CT molecular complexity index is 916. The monoisotopic (exact) mass is 350 g/mol. The minimum atomic E-state index is -0.253. The largest absolute Gasteiger partial charge is 0.497 e. The molecule has 0 atom stereocenters. The Kier molecular flexibility index (Phi) is 5.31. The molecule has 1 aromatic heterocycles. The second-order valence-corrected chi connectivity index (χ2v) is 6.38. The Balaban J connectivity index is 1.71. The third kappa shape index (κ3) is 4.27. The summed E-state index contributed by atoms with van der Waals surface area (Å²) in [6.45, 7) is 4.29. The number of hydrogen-bond donors (Lipinski definition) is 2. The van der Waals surface area contributed by atoms with Crippen molar-refractivity contribution in [1.29, 1.82) is 0 Å². The zero-order valence-corrected chi connectivity index (χ0v) is 15.1. The molecule has 26 heavy (non-hydrogen) atoms. The van der Waals surface area contributed by atoms with Crippen LogP contribution in [0.25, 0.3) is 0 Å². The lowest BCUT2D eigenvalue weighted by atomic mass is 10.0. The van der Waals surface area contributed by atoms with E-state index >= 15 is 0 Å². The molecule has 6 heteroatoms. The topological polar surface area (TPSA) is 79.9 Å². The fourth-order valence-corrected chi connectivity index (χ4v) is 2.56. The van der Waals surface area contributed by atoms with Crippen molar-refractivity contribution in [2.24, 2.45) is 0 Å². The van der Waals surface area contributed by atoms with E-state index < -0.39 is 0 Å². The van der Waals surface area contributed by atoms with Crippen LogP contribution in [0.1, 0.15) is 36.6 Å². The van der Waals surface area contributed by atoms with Gasteiger partial charge in [-0.3, -0.25) is 9.78 Å². The van der Waals surface area contributed by atoms with Gasteiger partial charge in [0.25, 0.3) is 5.56 Å². The lowest BCUT2D eigenvalue weighted by molar-refractivity contribution is 0.414. The fraction of sp³-hybridized carbons (Fsp3) is 0.250. The van der Waals surface area contributed by atoms with E-state index in [4.69, 9.17) is 4.74 Å². The minimum absolute atomic E-state index is 0.253. The molecule has 0 aliphatic heterocycles. The maximum Gasteiger partial charge on any atom is 0.274 e. The van der Waals surface area contributed by atoms with E-state index in [9.17, 15) is 4.79 Å². The van der Waals surface area contributed by atoms with E-state index in [0.29, 0.717) is 24.0 Å². The van der Waals surface area contributed by atoms with Crippen molar-refractivity contribution in [3.05, 3.63) is 75.7 Å². The maximum atomic E-state index is 12.3. The average Bonchev–Trinajstić information content (AvgIpc) is 2.65. The third-order valence-corrected chi connectivity index (χ3v) is 4.14. The van der Waals surface area contributed by atoms with Gasteiger partial charge in [0, 0.05) is 12.1 Å². The fourth-order valence-electron chi connectivity index (χ4n) is 2.56. The van der Waals surface area contributed by atoms with E-state index in [1.165, 1.54) is 5.56 Å². The van der Waals surface area contributed by atoms with Crippen molar-refractivity contribution in [3.8, 4) is 5.75 Å². The Morgan fingerprint density at radius 2 is 1.73 bits per heavy atom. The van der Waals surface area contributed by atoms with Gasteiger partial charge >= 0.3 is 0 Å². The molecule has 0 unspecified atom stereocenters. The van der Waals surface area contributed by atoms with Crippen molar-refractivity contribution < 1.29 is 4.74 Å². The quantitative estimate of drug-likeness (QED) is 0.709. The zero-order valence-electron chi connectivity index (χ0n) is 15.1. The molecule has 0 aliphatic rings. The van der Waals surface area contributed by atoms with Crippen LogP contribution in [-0.2, 0) is 6.42 Å². The molecule has 0 bridgehead atoms. The van der Waals surface area contributed by atoms with Crippen molar-refractivity contribution >= 4 is 11.6 Å². The number of anilines is 2. The average molecular weight is 350 g/mol. The Morgan fingerprint density at radius 1 is 1.04 bits per heavy atom. The van der Waals surface area contributed by atoms with Crippen LogP contribution in [0.15, 0.2) is 53.3 Å². The molecule has 2 N–H and O–H groups in total. The van der Waals surface area contributed by atoms with Gasteiger partial charge in [-0.05, 0) is 41.3 Å². The van der Waals surface area contributed by atoms with Crippen molar-refractivity contribution in [2.75, 3.05) is 12.4 Å². The van der Waals surface area contributed by atoms with Gasteiger partial charge in [-0.2, -0.15) is 0 Å². The van der Waals surface area contributed by atoms with E-state index in [1.807, 2.05) is 36.4 Å². The normalized spacial score (nSPS) is 10.8. The smallest absolute Gasteiger partial charge is 0.274 e. The van der Waals surface area contributed by atoms with Gasteiger partial charge in [-0.15, -0.1) is 10.2 Å². The summed E-state index contributed by atoms with van der Waals surface area (Å²) in [6.07, 6.45) is 0.412. The number of benzene rings is 2. The van der Waals surface area contributed by atoms with Crippen LogP contribution in [0, 0.1) is 0 Å². The van der Waals surface area contributed by atoms with Gasteiger partial charge in [-0.25, -0.2) is 0 Å². The van der Waals surface area contributed by atoms with Crippen LogP contribution in [0.4, 0.5) is 11.6 Å². The molecule has 2 aromatic carbocycles. The molecule has 6 nitrogen and oxygen atoms in total. The number of hydrogen-bond acceptors (Lipinski definition) is 5. The lowest BCUT2D eigenvalue weighted by Gasteiger charge is -2.08. The van der Waals surface area contributed by atoms with E-state index in [0.717, 1.165) is 17.0 Å². The number of methoxy groups -OCH3 is 1. The summed E-state index contributed by atoms with van der Waals surface area (Å²) in [5, 5.41) is 11.2. The van der Waals surface area contributed by atoms with E-state index in [1.54, 1.807) is 7.11 Å². The Labute approximate surface area is 152 Å². The molecule has 134 valence electrons. The predicted molar refractivity (Wildman–Crippen MR) is 102 cm³/mol. The summed E-state index contributed by atoms with van der Waals surface area (Å²) >= 11 is 0. The second kappa shape index (κ2) is 7.82. The number of nitrogens with zero attached hydrogens (tertiary/aromatic N) is 2. The Hall–Kier alpha value is -3.15. The standard InChI is InChI=1S/C20H22N4O2/c1-13(2)15-6-8-16(9-7-15)21-20-22-19(25)18(23-24-20)12-14-4-10-17(26-3)11-5-14/h4-11,13H,12H2,1-3H3,(H2,21,22,24,25). The highest BCUT2D eigenvalue weighted by molar-refractivity contribution is 5.53. The molecule has 0 aliphatic carbocycles. The summed E-state index contributed by atoms with van der Waals surface area (Å²) in [5.41, 5.74) is 3.19. The van der Waals surface area contributed by atoms with Crippen LogP contribution in [0.2, 0.25) is 0 Å². The van der Waals surface area contributed by atoms with Crippen LogP contribution < -0.4 is 15.6 Å². The first-order valence-corrected chi connectivity index (χ1v) is 8.51. The van der Waals surface area contributed by atoms with Crippen molar-refractivity contribution in [2.45, 2.75) is 26.2 Å². The molecule has 0 saturated heterocycles. The van der Waals surface area contributed by atoms with Gasteiger partial charge in [0.15, 0.2) is 0 Å². The molecule has 3 rings (SSSR count). The molecule has 0 saturated carbocycles. The van der Waals surface area contributed by atoms with E-state index in [2.05, 4.69) is 46.5 Å². The first kappa shape index (κ1) is 17.7. The van der Waals surface area contributed by atoms with Gasteiger partial charge in [0.05, 0.1) is 7.11 Å². The number of aromatic amines is 1. The molecule has 0 fully saturated rings. The molecular formula is C20H22N4O2. The van der Waals surface area contributed by atoms with Crippen molar-refractivity contribution in [1.82, 2.24) is 15.2 Å². The summed E-state index contributed by atoms with van der Waals surface area (Å²) < 4.78 is 5.13. The SMILES string of the molecule is COc1ccc(Cc2nnc(Nc3ccc(C(C)C)cc3)[nH]c2=O)cc1. The maximum absolute atomic E-state index is 12.3. The highest BCUT2D eigenvalue weighted by Crippen LogP contribution is 2.18. The Morgan fingerprint density at radius 3 is 2.31 bits per heavy atom. The van der Waals surface area contributed by atoms with Crippen LogP contribution in [0.3, 0.4) is 0 Å². The second-order valence-electron chi connectivity index (χ2n) is 6.38. The molecular weight excluding hydrogens is 328 g/mol. The molecule has 0 radical (unpaired) electrons. The molecule has 0 spiro atoms. The molecule has 0 amide bonds. The summed E-state index contributed by atoms with van der Waals surface area (Å²) in [7, 11) is 1.62. The van der Waals surface area contributed by atoms with Gasteiger partial charge in [0.2, 0.25) is 5.95 Å². The number of ether oxygens (including phenoxy) is 1. The van der Waals surface area contributed by atoms with Crippen molar-refractivity contribution in [3.63, 3.8) is 0 Å². The highest BCUT2D eigenvalue weighted by atomic mass is 16.5. The number of nitrogens with one attached hydrogen (secondary N) is 2. The number of aromatic nitrogens is 3. The lowest BCUT2D eigenvalue weighted by Crippen LogP contribution is -2.18. The summed E-state index contributed by atoms with van der Waals surface area (Å²) in [4.78, 5) is 15.0. The number of H-pyrrole nitrogens is 1.